The van der Waals surface area contributed by atoms with Crippen LogP contribution in [0.3, 0.4) is 0 Å². The largest absolute Gasteiger partial charge is 0.328 e. The second-order valence-electron chi connectivity index (χ2n) is 11.4. The van der Waals surface area contributed by atoms with Gasteiger partial charge in [0.15, 0.2) is 5.78 Å². The van der Waals surface area contributed by atoms with Crippen LogP contribution in [0.4, 0.5) is 0 Å². The standard InChI is InChI=1S/C22H25NO.C9H14S.C7H17N/c1-15-9-7-8-10-21(15)13-16(2)18(4)19(5)23-12-11-22(20(6)24)14-17(23)3;1-3-8(2)6-9-4-5-10-7-9;1-3-5-6-7(8)4-2/h7-14H,3H2,1-2,4-6H3;4-5,7-8H,3,6H2,1-2H3;7H,3-6,8H2,1-2H3/b16-13+,19-18+;;. The highest BCUT2D eigenvalue weighted by molar-refractivity contribution is 7.07. The van der Waals surface area contributed by atoms with Gasteiger partial charge in [-0.1, -0.05) is 83.9 Å². The molecule has 2 aromatic rings. The summed E-state index contributed by atoms with van der Waals surface area (Å²) in [6.07, 6.45) is 15.2. The number of carbonyl (C=O) groups excluding carboxylic acids is 1. The van der Waals surface area contributed by atoms with E-state index in [2.05, 4.69) is 109 Å². The zero-order chi connectivity index (χ0) is 31.7. The van der Waals surface area contributed by atoms with Crippen molar-refractivity contribution in [3.05, 3.63) is 111 Å². The molecule has 1 aliphatic rings. The van der Waals surface area contributed by atoms with Gasteiger partial charge in [0.2, 0.25) is 0 Å². The lowest BCUT2D eigenvalue weighted by Crippen LogP contribution is -2.18. The number of allylic oxidation sites excluding steroid dienone is 6. The predicted molar refractivity (Wildman–Crippen MR) is 187 cm³/mol. The Morgan fingerprint density at radius 1 is 1.07 bits per heavy atom. The lowest BCUT2D eigenvalue weighted by Gasteiger charge is -2.27. The first-order valence-corrected chi connectivity index (χ1v) is 16.5. The van der Waals surface area contributed by atoms with Gasteiger partial charge in [-0.05, 0) is 117 Å². The number of aryl methyl sites for hydroxylation is 1. The van der Waals surface area contributed by atoms with Crippen molar-refractivity contribution in [3.8, 4) is 0 Å². The fourth-order valence-corrected chi connectivity index (χ4v) is 4.96. The molecule has 42 heavy (non-hydrogen) atoms. The van der Waals surface area contributed by atoms with Crippen LogP contribution in [-0.2, 0) is 11.2 Å². The molecule has 2 unspecified atom stereocenters. The summed E-state index contributed by atoms with van der Waals surface area (Å²) in [6, 6.07) is 11.0. The van der Waals surface area contributed by atoms with E-state index in [4.69, 9.17) is 5.73 Å². The topological polar surface area (TPSA) is 46.3 Å². The number of hydrogen-bond donors (Lipinski definition) is 1. The van der Waals surface area contributed by atoms with Crippen LogP contribution in [0.2, 0.25) is 0 Å². The second-order valence-corrected chi connectivity index (χ2v) is 12.2. The van der Waals surface area contributed by atoms with E-state index in [9.17, 15) is 4.79 Å². The Hall–Kier alpha value is -2.95. The van der Waals surface area contributed by atoms with Crippen LogP contribution in [0.1, 0.15) is 104 Å². The van der Waals surface area contributed by atoms with E-state index < -0.39 is 0 Å². The molecule has 1 aromatic heterocycles. The average molecular weight is 589 g/mol. The smallest absolute Gasteiger partial charge is 0.159 e. The van der Waals surface area contributed by atoms with E-state index in [1.165, 1.54) is 59.9 Å². The SMILES string of the molecule is C=C1C=C(C(C)=O)C=CN1/C(C)=C(C)/C(C)=C/c1ccccc1C.CCC(C)Cc1ccsc1.CCCCC(N)CC. The maximum Gasteiger partial charge on any atom is 0.159 e. The predicted octanol–water partition coefficient (Wildman–Crippen LogP) is 10.8. The quantitative estimate of drug-likeness (QED) is 0.266. The van der Waals surface area contributed by atoms with Gasteiger partial charge < -0.3 is 10.6 Å². The van der Waals surface area contributed by atoms with Crippen molar-refractivity contribution >= 4 is 23.2 Å². The highest BCUT2D eigenvalue weighted by atomic mass is 32.1. The number of ketones is 1. The number of nitrogens with two attached hydrogens (primary N) is 1. The normalized spacial score (nSPS) is 15.0. The zero-order valence-corrected chi connectivity index (χ0v) is 28.6. The molecular weight excluding hydrogens is 532 g/mol. The summed E-state index contributed by atoms with van der Waals surface area (Å²) < 4.78 is 0. The molecule has 0 saturated heterocycles. The van der Waals surface area contributed by atoms with Gasteiger partial charge in [0.05, 0.1) is 0 Å². The Kier molecular flexibility index (Phi) is 17.7. The number of rotatable bonds is 11. The van der Waals surface area contributed by atoms with E-state index >= 15 is 0 Å². The van der Waals surface area contributed by atoms with E-state index in [1.54, 1.807) is 18.3 Å². The molecule has 1 aromatic carbocycles. The van der Waals surface area contributed by atoms with Crippen LogP contribution < -0.4 is 5.73 Å². The Balaban J connectivity index is 0.000000401. The molecule has 3 nitrogen and oxygen atoms in total. The van der Waals surface area contributed by atoms with Crippen molar-refractivity contribution in [1.82, 2.24) is 4.90 Å². The van der Waals surface area contributed by atoms with Gasteiger partial charge in [0, 0.05) is 29.2 Å². The van der Waals surface area contributed by atoms with Crippen LogP contribution in [0.15, 0.2) is 94.1 Å². The summed E-state index contributed by atoms with van der Waals surface area (Å²) in [5.74, 6) is 0.899. The molecule has 0 fully saturated rings. The van der Waals surface area contributed by atoms with E-state index in [1.807, 2.05) is 23.3 Å². The van der Waals surface area contributed by atoms with Crippen molar-refractivity contribution in [2.75, 3.05) is 0 Å². The van der Waals surface area contributed by atoms with Gasteiger partial charge in [-0.2, -0.15) is 11.3 Å². The monoisotopic (exact) mass is 588 g/mol. The number of thiophene rings is 1. The second kappa shape index (κ2) is 20.0. The van der Waals surface area contributed by atoms with E-state index in [0.29, 0.717) is 11.6 Å². The van der Waals surface area contributed by atoms with Crippen LogP contribution in [-0.4, -0.2) is 16.7 Å². The van der Waals surface area contributed by atoms with Crippen molar-refractivity contribution in [2.45, 2.75) is 107 Å². The number of Topliss-reactive ketones (excluding diaryl/α,β-unsaturated/α-hetero) is 1. The van der Waals surface area contributed by atoms with Crippen molar-refractivity contribution < 1.29 is 4.79 Å². The molecule has 0 spiro atoms. The zero-order valence-electron chi connectivity index (χ0n) is 27.8. The third-order valence-corrected chi connectivity index (χ3v) is 8.54. The molecule has 0 bridgehead atoms. The van der Waals surface area contributed by atoms with Crippen LogP contribution in [0, 0.1) is 12.8 Å². The molecule has 0 radical (unpaired) electrons. The summed E-state index contributed by atoms with van der Waals surface area (Å²) in [5.41, 5.74) is 14.7. The minimum absolute atomic E-state index is 0.0565. The molecule has 4 heteroatoms. The van der Waals surface area contributed by atoms with Gasteiger partial charge in [0.1, 0.15) is 0 Å². The van der Waals surface area contributed by atoms with Crippen LogP contribution >= 0.6 is 11.3 Å². The maximum absolute atomic E-state index is 11.5. The lowest BCUT2D eigenvalue weighted by atomic mass is 10.0. The number of nitrogens with zero attached hydrogens (tertiary/aromatic N) is 1. The molecule has 2 atom stereocenters. The number of hydrogen-bond acceptors (Lipinski definition) is 4. The third-order valence-electron chi connectivity index (χ3n) is 7.81. The molecular formula is C38H56N2OS. The summed E-state index contributed by atoms with van der Waals surface area (Å²) in [5, 5.41) is 4.39. The highest BCUT2D eigenvalue weighted by Crippen LogP contribution is 2.26. The fraction of sp³-hybridized carbons (Fsp3) is 0.447. The molecule has 0 saturated carbocycles. The van der Waals surface area contributed by atoms with Crippen molar-refractivity contribution in [1.29, 1.82) is 0 Å². The van der Waals surface area contributed by atoms with Gasteiger partial charge in [-0.15, -0.1) is 0 Å². The molecule has 2 heterocycles. The van der Waals surface area contributed by atoms with Crippen molar-refractivity contribution in [2.24, 2.45) is 11.7 Å². The number of unbranched alkanes of at least 4 members (excludes halogenated alkanes) is 1. The number of benzene rings is 1. The van der Waals surface area contributed by atoms with Crippen LogP contribution in [0.5, 0.6) is 0 Å². The van der Waals surface area contributed by atoms with E-state index in [0.717, 1.165) is 23.7 Å². The highest BCUT2D eigenvalue weighted by Gasteiger charge is 2.15. The first kappa shape index (κ1) is 37.1. The Bertz CT molecular complexity index is 1230. The van der Waals surface area contributed by atoms with Crippen LogP contribution in [0.25, 0.3) is 6.08 Å². The molecule has 230 valence electrons. The summed E-state index contributed by atoms with van der Waals surface area (Å²) in [7, 11) is 0. The Morgan fingerprint density at radius 3 is 2.29 bits per heavy atom. The van der Waals surface area contributed by atoms with Gasteiger partial charge in [-0.3, -0.25) is 4.79 Å². The summed E-state index contributed by atoms with van der Waals surface area (Å²) >= 11 is 1.79. The molecule has 0 aliphatic carbocycles. The fourth-order valence-electron chi connectivity index (χ4n) is 4.28. The van der Waals surface area contributed by atoms with Crippen molar-refractivity contribution in [3.63, 3.8) is 0 Å². The minimum atomic E-state index is 0.0565. The van der Waals surface area contributed by atoms with Gasteiger partial charge >= 0.3 is 0 Å². The van der Waals surface area contributed by atoms with E-state index in [-0.39, 0.29) is 5.78 Å². The third kappa shape index (κ3) is 13.4. The molecule has 2 N–H and O–H groups in total. The first-order chi connectivity index (χ1) is 19.9. The minimum Gasteiger partial charge on any atom is -0.328 e. The Morgan fingerprint density at radius 2 is 1.76 bits per heavy atom. The molecule has 0 amide bonds. The summed E-state index contributed by atoms with van der Waals surface area (Å²) in [4.78, 5) is 13.5. The molecule has 1 aliphatic heterocycles. The van der Waals surface area contributed by atoms with Gasteiger partial charge in [-0.25, -0.2) is 0 Å². The maximum atomic E-state index is 11.5. The number of carbonyl (C=O) groups is 1. The average Bonchev–Trinajstić information content (AvgIpc) is 3.49. The lowest BCUT2D eigenvalue weighted by molar-refractivity contribution is -0.113. The molecule has 3 rings (SSSR count). The summed E-state index contributed by atoms with van der Waals surface area (Å²) in [6.45, 7) is 23.0. The Labute approximate surface area is 261 Å². The first-order valence-electron chi connectivity index (χ1n) is 15.5. The van der Waals surface area contributed by atoms with Gasteiger partial charge in [0.25, 0.3) is 0 Å².